The second kappa shape index (κ2) is 15.1. The lowest BCUT2D eigenvalue weighted by atomic mass is 10.0. The fourth-order valence-corrected chi connectivity index (χ4v) is 7.18. The van der Waals surface area contributed by atoms with E-state index in [4.69, 9.17) is 27.9 Å². The largest absolute Gasteiger partial charge is 0.496 e. The molecule has 0 aliphatic heterocycles. The molecule has 0 saturated carbocycles. The minimum Gasteiger partial charge on any atom is -0.496 e. The van der Waals surface area contributed by atoms with Crippen LogP contribution in [0.15, 0.2) is 100 Å². The van der Waals surface area contributed by atoms with Crippen LogP contribution in [0.2, 0.25) is 10.0 Å². The zero-order valence-electron chi connectivity index (χ0n) is 24.8. The van der Waals surface area contributed by atoms with Crippen LogP contribution in [0.5, 0.6) is 5.75 Å². The highest BCUT2D eigenvalue weighted by atomic mass is 79.9. The predicted octanol–water partition coefficient (Wildman–Crippen LogP) is 6.65. The van der Waals surface area contributed by atoms with Crippen LogP contribution in [0.3, 0.4) is 0 Å². The first kappa shape index (κ1) is 34.3. The number of hydrogen-bond donors (Lipinski definition) is 1. The summed E-state index contributed by atoms with van der Waals surface area (Å²) in [6, 6.07) is 24.4. The first-order chi connectivity index (χ1) is 21.4. The van der Waals surface area contributed by atoms with Crippen molar-refractivity contribution in [2.24, 2.45) is 0 Å². The summed E-state index contributed by atoms with van der Waals surface area (Å²) in [7, 11) is -1.31. The van der Waals surface area contributed by atoms with E-state index in [0.29, 0.717) is 20.8 Å². The Hall–Kier alpha value is -3.57. The number of sulfonamides is 1. The molecular formula is C33H32BrCl2N3O5S. The van der Waals surface area contributed by atoms with Gasteiger partial charge in [0.2, 0.25) is 11.8 Å². The van der Waals surface area contributed by atoms with Crippen molar-refractivity contribution >= 4 is 66.7 Å². The molecule has 4 aromatic carbocycles. The van der Waals surface area contributed by atoms with Gasteiger partial charge in [-0.05, 0) is 76.4 Å². The normalized spacial score (nSPS) is 11.9. The van der Waals surface area contributed by atoms with Crippen molar-refractivity contribution in [2.75, 3.05) is 25.0 Å². The lowest BCUT2D eigenvalue weighted by Crippen LogP contribution is -2.53. The number of benzene rings is 4. The Kier molecular flexibility index (Phi) is 11.5. The minimum atomic E-state index is -4.28. The molecule has 0 aliphatic carbocycles. The highest BCUT2D eigenvalue weighted by molar-refractivity contribution is 9.10. The van der Waals surface area contributed by atoms with E-state index in [1.165, 1.54) is 37.3 Å². The standard InChI is InChI=1S/C33H32BrCl2N3O5S/c1-22-9-12-25(13-10-22)39(45(42,43)26-14-16-31(44-3)27(34)19-26)21-32(40)38(20-24-11-15-28(35)29(36)17-24)30(33(41)37-2)18-23-7-5-4-6-8-23/h4-17,19,30H,18,20-21H2,1-3H3,(H,37,41). The van der Waals surface area contributed by atoms with Crippen LogP contribution < -0.4 is 14.4 Å². The number of ether oxygens (including phenoxy) is 1. The van der Waals surface area contributed by atoms with Gasteiger partial charge in [-0.15, -0.1) is 0 Å². The zero-order valence-corrected chi connectivity index (χ0v) is 28.8. The molecule has 0 saturated heterocycles. The van der Waals surface area contributed by atoms with Crippen LogP contribution in [0, 0.1) is 6.92 Å². The number of amides is 2. The zero-order chi connectivity index (χ0) is 32.7. The molecule has 0 radical (unpaired) electrons. The van der Waals surface area contributed by atoms with E-state index in [2.05, 4.69) is 21.2 Å². The number of anilines is 1. The van der Waals surface area contributed by atoms with E-state index in [9.17, 15) is 18.0 Å². The first-order valence-corrected chi connectivity index (χ1v) is 16.9. The summed E-state index contributed by atoms with van der Waals surface area (Å²) >= 11 is 15.8. The second-order valence-corrected chi connectivity index (χ2v) is 13.8. The summed E-state index contributed by atoms with van der Waals surface area (Å²) in [5, 5.41) is 3.29. The van der Waals surface area contributed by atoms with Gasteiger partial charge in [0.25, 0.3) is 10.0 Å². The van der Waals surface area contributed by atoms with Crippen LogP contribution >= 0.6 is 39.1 Å². The highest BCUT2D eigenvalue weighted by Crippen LogP contribution is 2.31. The van der Waals surface area contributed by atoms with E-state index < -0.39 is 34.4 Å². The first-order valence-electron chi connectivity index (χ1n) is 13.9. The number of nitrogens with one attached hydrogen (secondary N) is 1. The Bertz CT molecular complexity index is 1770. The molecule has 1 unspecified atom stereocenters. The Morgan fingerprint density at radius 1 is 0.911 bits per heavy atom. The second-order valence-electron chi connectivity index (χ2n) is 10.2. The lowest BCUT2D eigenvalue weighted by Gasteiger charge is -2.33. The smallest absolute Gasteiger partial charge is 0.264 e. The van der Waals surface area contributed by atoms with Crippen LogP contribution in [0.1, 0.15) is 16.7 Å². The maximum atomic E-state index is 14.4. The maximum Gasteiger partial charge on any atom is 0.264 e. The molecule has 236 valence electrons. The van der Waals surface area contributed by atoms with Crippen molar-refractivity contribution in [1.82, 2.24) is 10.2 Å². The van der Waals surface area contributed by atoms with Gasteiger partial charge in [0.05, 0.1) is 32.2 Å². The molecule has 2 amide bonds. The average molecular weight is 734 g/mol. The summed E-state index contributed by atoms with van der Waals surface area (Å²) in [6.45, 7) is 1.26. The number of rotatable bonds is 12. The Morgan fingerprint density at radius 3 is 2.20 bits per heavy atom. The molecule has 4 rings (SSSR count). The van der Waals surface area contributed by atoms with Crippen LogP contribution in [-0.2, 0) is 32.6 Å². The van der Waals surface area contributed by atoms with Gasteiger partial charge in [-0.25, -0.2) is 8.42 Å². The molecule has 1 N–H and O–H groups in total. The van der Waals surface area contributed by atoms with E-state index in [0.717, 1.165) is 15.4 Å². The monoisotopic (exact) mass is 731 g/mol. The van der Waals surface area contributed by atoms with Crippen molar-refractivity contribution in [1.29, 1.82) is 0 Å². The van der Waals surface area contributed by atoms with Gasteiger partial charge >= 0.3 is 0 Å². The Morgan fingerprint density at radius 2 is 1.60 bits per heavy atom. The third-order valence-electron chi connectivity index (χ3n) is 7.17. The number of likely N-dealkylation sites (N-methyl/N-ethyl adjacent to an activating group) is 1. The molecule has 0 spiro atoms. The summed E-state index contributed by atoms with van der Waals surface area (Å²) in [5.41, 5.74) is 2.64. The number of carbonyl (C=O) groups excluding carboxylic acids is 2. The third kappa shape index (κ3) is 8.38. The number of aryl methyl sites for hydroxylation is 1. The van der Waals surface area contributed by atoms with Crippen molar-refractivity contribution in [2.45, 2.75) is 30.8 Å². The van der Waals surface area contributed by atoms with Crippen LogP contribution in [-0.4, -0.2) is 51.9 Å². The van der Waals surface area contributed by atoms with Gasteiger partial charge in [0, 0.05) is 20.0 Å². The van der Waals surface area contributed by atoms with E-state index >= 15 is 0 Å². The van der Waals surface area contributed by atoms with Crippen LogP contribution in [0.25, 0.3) is 0 Å². The van der Waals surface area contributed by atoms with Crippen molar-refractivity contribution < 1.29 is 22.7 Å². The van der Waals surface area contributed by atoms with Gasteiger partial charge in [-0.2, -0.15) is 0 Å². The molecule has 12 heteroatoms. The van der Waals surface area contributed by atoms with Crippen molar-refractivity contribution in [3.8, 4) is 5.75 Å². The SMILES string of the molecule is CNC(=O)C(Cc1ccccc1)N(Cc1ccc(Cl)c(Cl)c1)C(=O)CN(c1ccc(C)cc1)S(=O)(=O)c1ccc(OC)c(Br)c1. The molecule has 0 bridgehead atoms. The van der Waals surface area contributed by atoms with Gasteiger partial charge < -0.3 is 15.0 Å². The summed E-state index contributed by atoms with van der Waals surface area (Å²) < 4.78 is 35.2. The molecule has 45 heavy (non-hydrogen) atoms. The highest BCUT2D eigenvalue weighted by Gasteiger charge is 2.34. The van der Waals surface area contributed by atoms with Gasteiger partial charge in [-0.1, -0.05) is 77.3 Å². The topological polar surface area (TPSA) is 96.0 Å². The molecule has 8 nitrogen and oxygen atoms in total. The van der Waals surface area contributed by atoms with E-state index in [1.54, 1.807) is 42.5 Å². The number of methoxy groups -OCH3 is 1. The molecule has 0 aromatic heterocycles. The number of nitrogens with zero attached hydrogens (tertiary/aromatic N) is 2. The third-order valence-corrected chi connectivity index (χ3v) is 10.3. The Balaban J connectivity index is 1.81. The van der Waals surface area contributed by atoms with Gasteiger partial charge in [-0.3, -0.25) is 13.9 Å². The summed E-state index contributed by atoms with van der Waals surface area (Å²) in [6.07, 6.45) is 0.191. The van der Waals surface area contributed by atoms with Gasteiger partial charge in [0.1, 0.15) is 18.3 Å². The molecule has 0 heterocycles. The summed E-state index contributed by atoms with van der Waals surface area (Å²) in [5.74, 6) is -0.549. The molecule has 1 atom stereocenters. The quantitative estimate of drug-likeness (QED) is 0.176. The number of carbonyl (C=O) groups is 2. The molecule has 0 aliphatic rings. The number of halogens is 3. The average Bonchev–Trinajstić information content (AvgIpc) is 3.03. The Labute approximate surface area is 282 Å². The minimum absolute atomic E-state index is 0.0312. The molecular weight excluding hydrogens is 701 g/mol. The van der Waals surface area contributed by atoms with E-state index in [-0.39, 0.29) is 28.6 Å². The van der Waals surface area contributed by atoms with Crippen LogP contribution in [0.4, 0.5) is 5.69 Å². The summed E-state index contributed by atoms with van der Waals surface area (Å²) in [4.78, 5) is 29.1. The molecule has 4 aromatic rings. The van der Waals surface area contributed by atoms with Crippen molar-refractivity contribution in [3.63, 3.8) is 0 Å². The fraction of sp³-hybridized carbons (Fsp3) is 0.212. The fourth-order valence-electron chi connectivity index (χ4n) is 4.73. The van der Waals surface area contributed by atoms with Gasteiger partial charge in [0.15, 0.2) is 0 Å². The number of hydrogen-bond acceptors (Lipinski definition) is 5. The van der Waals surface area contributed by atoms with E-state index in [1.807, 2.05) is 37.3 Å². The lowest BCUT2D eigenvalue weighted by molar-refractivity contribution is -0.139. The van der Waals surface area contributed by atoms with Crippen molar-refractivity contribution in [3.05, 3.63) is 122 Å². The maximum absolute atomic E-state index is 14.4. The predicted molar refractivity (Wildman–Crippen MR) is 181 cm³/mol. The molecule has 0 fully saturated rings.